The summed E-state index contributed by atoms with van der Waals surface area (Å²) >= 11 is 0. The van der Waals surface area contributed by atoms with E-state index in [2.05, 4.69) is 27.2 Å². The summed E-state index contributed by atoms with van der Waals surface area (Å²) in [4.78, 5) is 21.6. The van der Waals surface area contributed by atoms with Crippen molar-refractivity contribution in [2.45, 2.75) is 18.9 Å². The fraction of sp³-hybridized carbons (Fsp3) is 0.429. The molecule has 1 aliphatic rings. The highest BCUT2D eigenvalue weighted by atomic mass is 16.1. The SMILES string of the molecule is CN1CCCC1CNC(=O)c1ccc2nc[nH]c2c1. The zero-order valence-corrected chi connectivity index (χ0v) is 11.0. The number of likely N-dealkylation sites (N-methyl/N-ethyl adjacent to an activating group) is 1. The Morgan fingerprint density at radius 1 is 1.58 bits per heavy atom. The number of amides is 1. The van der Waals surface area contributed by atoms with Crippen molar-refractivity contribution in [3.05, 3.63) is 30.1 Å². The third-order valence-electron chi connectivity index (χ3n) is 3.85. The molecule has 5 heteroatoms. The number of aromatic nitrogens is 2. The van der Waals surface area contributed by atoms with Gasteiger partial charge >= 0.3 is 0 Å². The van der Waals surface area contributed by atoms with Gasteiger partial charge in [0.25, 0.3) is 5.91 Å². The van der Waals surface area contributed by atoms with Gasteiger partial charge in [-0.15, -0.1) is 0 Å². The van der Waals surface area contributed by atoms with Gasteiger partial charge in [-0.05, 0) is 44.6 Å². The van der Waals surface area contributed by atoms with Crippen molar-refractivity contribution in [3.63, 3.8) is 0 Å². The van der Waals surface area contributed by atoms with E-state index in [1.807, 2.05) is 18.2 Å². The number of likely N-dealkylation sites (tertiary alicyclic amines) is 1. The minimum Gasteiger partial charge on any atom is -0.350 e. The lowest BCUT2D eigenvalue weighted by molar-refractivity contribution is 0.0944. The molecule has 2 aromatic rings. The van der Waals surface area contributed by atoms with Crippen LogP contribution in [0.15, 0.2) is 24.5 Å². The minimum absolute atomic E-state index is 0.0169. The molecule has 1 amide bonds. The van der Waals surface area contributed by atoms with Gasteiger partial charge in [-0.25, -0.2) is 4.98 Å². The Bertz CT molecular complexity index is 592. The lowest BCUT2D eigenvalue weighted by Crippen LogP contribution is -2.38. The maximum Gasteiger partial charge on any atom is 0.251 e. The third-order valence-corrected chi connectivity index (χ3v) is 3.85. The van der Waals surface area contributed by atoms with Gasteiger partial charge < -0.3 is 15.2 Å². The lowest BCUT2D eigenvalue weighted by atomic mass is 10.1. The summed E-state index contributed by atoms with van der Waals surface area (Å²) in [7, 11) is 2.11. The van der Waals surface area contributed by atoms with E-state index in [-0.39, 0.29) is 5.91 Å². The second-order valence-electron chi connectivity index (χ2n) is 5.12. The van der Waals surface area contributed by atoms with E-state index in [1.165, 1.54) is 6.42 Å². The molecule has 1 saturated heterocycles. The lowest BCUT2D eigenvalue weighted by Gasteiger charge is -2.19. The van der Waals surface area contributed by atoms with Crippen LogP contribution in [0.2, 0.25) is 0 Å². The van der Waals surface area contributed by atoms with Crippen LogP contribution < -0.4 is 5.32 Å². The molecule has 0 bridgehead atoms. The van der Waals surface area contributed by atoms with Gasteiger partial charge in [0.05, 0.1) is 17.4 Å². The summed E-state index contributed by atoms with van der Waals surface area (Å²) in [6, 6.07) is 6.00. The summed E-state index contributed by atoms with van der Waals surface area (Å²) < 4.78 is 0. The highest BCUT2D eigenvalue weighted by molar-refractivity contribution is 5.97. The van der Waals surface area contributed by atoms with Gasteiger partial charge in [0, 0.05) is 18.2 Å². The fourth-order valence-corrected chi connectivity index (χ4v) is 2.63. The van der Waals surface area contributed by atoms with E-state index in [0.717, 1.165) is 30.5 Å². The van der Waals surface area contributed by atoms with Crippen molar-refractivity contribution >= 4 is 16.9 Å². The quantitative estimate of drug-likeness (QED) is 0.874. The van der Waals surface area contributed by atoms with Gasteiger partial charge in [0.15, 0.2) is 0 Å². The first kappa shape index (κ1) is 12.2. The van der Waals surface area contributed by atoms with Crippen molar-refractivity contribution in [3.8, 4) is 0 Å². The first-order valence-electron chi connectivity index (χ1n) is 6.65. The number of carbonyl (C=O) groups is 1. The maximum atomic E-state index is 12.1. The molecule has 2 N–H and O–H groups in total. The Morgan fingerprint density at radius 3 is 3.26 bits per heavy atom. The van der Waals surface area contributed by atoms with Gasteiger partial charge in [0.2, 0.25) is 0 Å². The molecule has 100 valence electrons. The summed E-state index contributed by atoms with van der Waals surface area (Å²) in [6.45, 7) is 1.84. The standard InChI is InChI=1S/C14H18N4O/c1-18-6-2-3-11(18)8-15-14(19)10-4-5-12-13(7-10)17-9-16-12/h4-5,7,9,11H,2-3,6,8H2,1H3,(H,15,19)(H,16,17). The predicted molar refractivity (Wildman–Crippen MR) is 74.1 cm³/mol. The van der Waals surface area contributed by atoms with Crippen LogP contribution in [0, 0.1) is 0 Å². The number of carbonyl (C=O) groups excluding carboxylic acids is 1. The van der Waals surface area contributed by atoms with E-state index < -0.39 is 0 Å². The van der Waals surface area contributed by atoms with Gasteiger partial charge in [-0.1, -0.05) is 0 Å². The molecule has 0 radical (unpaired) electrons. The third kappa shape index (κ3) is 2.46. The van der Waals surface area contributed by atoms with Crippen molar-refractivity contribution in [1.29, 1.82) is 0 Å². The van der Waals surface area contributed by atoms with Gasteiger partial charge in [-0.2, -0.15) is 0 Å². The molecule has 1 aliphatic heterocycles. The molecule has 1 aromatic heterocycles. The molecule has 1 fully saturated rings. The molecule has 1 aromatic carbocycles. The molecule has 5 nitrogen and oxygen atoms in total. The Kier molecular flexibility index (Phi) is 3.21. The van der Waals surface area contributed by atoms with Crippen LogP contribution in [0.25, 0.3) is 11.0 Å². The highest BCUT2D eigenvalue weighted by Gasteiger charge is 2.21. The Hall–Kier alpha value is -1.88. The van der Waals surface area contributed by atoms with Crippen LogP contribution in [-0.4, -0.2) is 47.0 Å². The zero-order chi connectivity index (χ0) is 13.2. The molecule has 1 unspecified atom stereocenters. The van der Waals surface area contributed by atoms with Crippen LogP contribution in [-0.2, 0) is 0 Å². The number of fused-ring (bicyclic) bond motifs is 1. The van der Waals surface area contributed by atoms with Crippen LogP contribution in [0.4, 0.5) is 0 Å². The summed E-state index contributed by atoms with van der Waals surface area (Å²) in [5.74, 6) is -0.0169. The van der Waals surface area contributed by atoms with E-state index in [1.54, 1.807) is 6.33 Å². The number of hydrogen-bond acceptors (Lipinski definition) is 3. The summed E-state index contributed by atoms with van der Waals surface area (Å²) in [5.41, 5.74) is 2.45. The number of aromatic amines is 1. The molecular formula is C14H18N4O. The van der Waals surface area contributed by atoms with Crippen LogP contribution >= 0.6 is 0 Å². The van der Waals surface area contributed by atoms with Crippen LogP contribution in [0.1, 0.15) is 23.2 Å². The average Bonchev–Trinajstić information content (AvgIpc) is 3.03. The van der Waals surface area contributed by atoms with E-state index >= 15 is 0 Å². The molecule has 1 atom stereocenters. The van der Waals surface area contributed by atoms with E-state index in [4.69, 9.17) is 0 Å². The Balaban J connectivity index is 1.66. The number of rotatable bonds is 3. The number of H-pyrrole nitrogens is 1. The summed E-state index contributed by atoms with van der Waals surface area (Å²) in [5, 5.41) is 3.01. The Morgan fingerprint density at radius 2 is 2.47 bits per heavy atom. The first-order chi connectivity index (χ1) is 9.24. The second kappa shape index (κ2) is 5.01. The number of nitrogens with one attached hydrogen (secondary N) is 2. The van der Waals surface area contributed by atoms with Crippen LogP contribution in [0.5, 0.6) is 0 Å². The van der Waals surface area contributed by atoms with E-state index in [0.29, 0.717) is 11.6 Å². The zero-order valence-electron chi connectivity index (χ0n) is 11.0. The molecule has 3 rings (SSSR count). The van der Waals surface area contributed by atoms with Gasteiger partial charge in [-0.3, -0.25) is 4.79 Å². The predicted octanol–water partition coefficient (Wildman–Crippen LogP) is 1.39. The maximum absolute atomic E-state index is 12.1. The number of imidazole rings is 1. The van der Waals surface area contributed by atoms with Crippen LogP contribution in [0.3, 0.4) is 0 Å². The van der Waals surface area contributed by atoms with Crippen molar-refractivity contribution in [2.24, 2.45) is 0 Å². The number of nitrogens with zero attached hydrogens (tertiary/aromatic N) is 2. The smallest absolute Gasteiger partial charge is 0.251 e. The molecule has 2 heterocycles. The molecule has 0 spiro atoms. The van der Waals surface area contributed by atoms with Crippen molar-refractivity contribution in [1.82, 2.24) is 20.2 Å². The second-order valence-corrected chi connectivity index (χ2v) is 5.12. The van der Waals surface area contributed by atoms with E-state index in [9.17, 15) is 4.79 Å². The Labute approximate surface area is 112 Å². The molecular weight excluding hydrogens is 240 g/mol. The largest absolute Gasteiger partial charge is 0.350 e. The van der Waals surface area contributed by atoms with Gasteiger partial charge in [0.1, 0.15) is 0 Å². The monoisotopic (exact) mass is 258 g/mol. The highest BCUT2D eigenvalue weighted by Crippen LogP contribution is 2.14. The normalized spacial score (nSPS) is 19.9. The number of hydrogen-bond donors (Lipinski definition) is 2. The molecule has 19 heavy (non-hydrogen) atoms. The molecule has 0 saturated carbocycles. The molecule has 0 aliphatic carbocycles. The number of benzene rings is 1. The van der Waals surface area contributed by atoms with Crippen molar-refractivity contribution in [2.75, 3.05) is 20.1 Å². The fourth-order valence-electron chi connectivity index (χ4n) is 2.63. The average molecular weight is 258 g/mol. The minimum atomic E-state index is -0.0169. The summed E-state index contributed by atoms with van der Waals surface area (Å²) in [6.07, 6.45) is 4.02. The van der Waals surface area contributed by atoms with Crippen molar-refractivity contribution < 1.29 is 4.79 Å². The topological polar surface area (TPSA) is 61.0 Å². The first-order valence-corrected chi connectivity index (χ1v) is 6.65.